The number of nitrogens with one attached hydrogen (secondary N) is 1. The molecule has 1 heterocycles. The maximum Gasteiger partial charge on any atom is 0.252 e. The Bertz CT molecular complexity index is 338. The first-order chi connectivity index (χ1) is 8.24. The maximum atomic E-state index is 11.7. The minimum atomic E-state index is -0.0219. The summed E-state index contributed by atoms with van der Waals surface area (Å²) in [7, 11) is 0. The average Bonchev–Trinajstić information content (AvgIpc) is 2.34. The molecule has 0 fully saturated rings. The van der Waals surface area contributed by atoms with Gasteiger partial charge in [-0.3, -0.25) is 9.78 Å². The van der Waals surface area contributed by atoms with Crippen LogP contribution in [-0.4, -0.2) is 21.9 Å². The van der Waals surface area contributed by atoms with Crippen LogP contribution in [0.1, 0.15) is 41.7 Å². The molecule has 3 nitrogen and oxygen atoms in total. The quantitative estimate of drug-likeness (QED) is 0.468. The summed E-state index contributed by atoms with van der Waals surface area (Å²) in [6, 6.07) is 3.67. The Morgan fingerprint density at radius 1 is 1.29 bits per heavy atom. The maximum absolute atomic E-state index is 11.7. The summed E-state index contributed by atoms with van der Waals surface area (Å²) in [5, 5.41) is 2.91. The lowest BCUT2D eigenvalue weighted by Gasteiger charge is -2.04. The zero-order valence-electron chi connectivity index (χ0n) is 10.2. The fourth-order valence-corrected chi connectivity index (χ4v) is 2.02. The number of alkyl halides is 1. The van der Waals surface area contributed by atoms with Gasteiger partial charge in [0.25, 0.3) is 5.91 Å². The third-order valence-electron chi connectivity index (χ3n) is 2.52. The van der Waals surface area contributed by atoms with Gasteiger partial charge in [-0.15, -0.1) is 0 Å². The van der Waals surface area contributed by atoms with Crippen molar-refractivity contribution in [3.8, 4) is 0 Å². The van der Waals surface area contributed by atoms with Gasteiger partial charge in [0.05, 0.1) is 5.56 Å². The molecule has 1 rings (SSSR count). The molecule has 0 atom stereocenters. The highest BCUT2D eigenvalue weighted by Gasteiger charge is 2.03. The van der Waals surface area contributed by atoms with E-state index in [1.807, 2.05) is 19.1 Å². The molecule has 4 heteroatoms. The molecule has 0 aromatic carbocycles. The molecule has 94 valence electrons. The number of hydrogen-bond acceptors (Lipinski definition) is 2. The average molecular weight is 346 g/mol. The Labute approximate surface area is 117 Å². The molecule has 0 saturated heterocycles. The van der Waals surface area contributed by atoms with Gasteiger partial charge < -0.3 is 5.32 Å². The number of aryl methyl sites for hydroxylation is 1. The summed E-state index contributed by atoms with van der Waals surface area (Å²) < 4.78 is 1.22. The van der Waals surface area contributed by atoms with Gasteiger partial charge in [0.15, 0.2) is 0 Å². The van der Waals surface area contributed by atoms with Gasteiger partial charge in [-0.25, -0.2) is 0 Å². The summed E-state index contributed by atoms with van der Waals surface area (Å²) in [6.45, 7) is 2.67. The van der Waals surface area contributed by atoms with Gasteiger partial charge in [0.2, 0.25) is 0 Å². The Morgan fingerprint density at radius 3 is 2.71 bits per heavy atom. The smallest absolute Gasteiger partial charge is 0.252 e. The van der Waals surface area contributed by atoms with E-state index < -0.39 is 0 Å². The van der Waals surface area contributed by atoms with Crippen LogP contribution in [0.3, 0.4) is 0 Å². The van der Waals surface area contributed by atoms with E-state index in [9.17, 15) is 4.79 Å². The third-order valence-corrected chi connectivity index (χ3v) is 3.28. The first-order valence-corrected chi connectivity index (χ1v) is 7.53. The molecule has 1 aromatic rings. The Hall–Kier alpha value is -0.650. The molecule has 0 unspecified atom stereocenters. The lowest BCUT2D eigenvalue weighted by atomic mass is 10.2. The monoisotopic (exact) mass is 346 g/mol. The molecule has 0 aliphatic rings. The first-order valence-electron chi connectivity index (χ1n) is 6.01. The van der Waals surface area contributed by atoms with Crippen LogP contribution in [-0.2, 0) is 0 Å². The SMILES string of the molecule is Cc1ccc(C(=O)NCCCCCCI)cn1. The number of halogens is 1. The van der Waals surface area contributed by atoms with Crippen molar-refractivity contribution in [2.24, 2.45) is 0 Å². The van der Waals surface area contributed by atoms with Gasteiger partial charge in [0.1, 0.15) is 0 Å². The van der Waals surface area contributed by atoms with Crippen molar-refractivity contribution in [3.05, 3.63) is 29.6 Å². The van der Waals surface area contributed by atoms with Crippen LogP contribution in [0.25, 0.3) is 0 Å². The number of pyridine rings is 1. The Morgan fingerprint density at radius 2 is 2.06 bits per heavy atom. The van der Waals surface area contributed by atoms with E-state index >= 15 is 0 Å². The predicted molar refractivity (Wildman–Crippen MR) is 78.7 cm³/mol. The van der Waals surface area contributed by atoms with Crippen LogP contribution in [0.15, 0.2) is 18.3 Å². The van der Waals surface area contributed by atoms with E-state index in [1.54, 1.807) is 6.20 Å². The summed E-state index contributed by atoms with van der Waals surface area (Å²) in [4.78, 5) is 15.8. The summed E-state index contributed by atoms with van der Waals surface area (Å²) >= 11 is 2.39. The number of unbranched alkanes of at least 4 members (excludes halogenated alkanes) is 3. The highest BCUT2D eigenvalue weighted by molar-refractivity contribution is 14.1. The lowest BCUT2D eigenvalue weighted by molar-refractivity contribution is 0.0952. The fourth-order valence-electron chi connectivity index (χ4n) is 1.48. The second-order valence-electron chi connectivity index (χ2n) is 4.05. The number of hydrogen-bond donors (Lipinski definition) is 1. The van der Waals surface area contributed by atoms with Gasteiger partial charge in [-0.2, -0.15) is 0 Å². The fraction of sp³-hybridized carbons (Fsp3) is 0.538. The van der Waals surface area contributed by atoms with Crippen molar-refractivity contribution in [3.63, 3.8) is 0 Å². The normalized spacial score (nSPS) is 10.2. The third kappa shape index (κ3) is 6.00. The Kier molecular flexibility index (Phi) is 7.16. The highest BCUT2D eigenvalue weighted by atomic mass is 127. The Balaban J connectivity index is 2.19. The minimum Gasteiger partial charge on any atom is -0.352 e. The van der Waals surface area contributed by atoms with Crippen LogP contribution in [0.5, 0.6) is 0 Å². The number of amides is 1. The van der Waals surface area contributed by atoms with E-state index in [2.05, 4.69) is 32.9 Å². The van der Waals surface area contributed by atoms with E-state index in [4.69, 9.17) is 0 Å². The van der Waals surface area contributed by atoms with Crippen molar-refractivity contribution >= 4 is 28.5 Å². The molecular weight excluding hydrogens is 327 g/mol. The number of rotatable bonds is 7. The second kappa shape index (κ2) is 8.44. The number of carbonyl (C=O) groups is 1. The van der Waals surface area contributed by atoms with Crippen LogP contribution in [0.2, 0.25) is 0 Å². The van der Waals surface area contributed by atoms with E-state index in [0.29, 0.717) is 5.56 Å². The summed E-state index contributed by atoms with van der Waals surface area (Å²) in [6.07, 6.45) is 6.40. The first kappa shape index (κ1) is 14.4. The van der Waals surface area contributed by atoms with Crippen LogP contribution in [0, 0.1) is 6.92 Å². The number of aromatic nitrogens is 1. The van der Waals surface area contributed by atoms with Gasteiger partial charge in [0, 0.05) is 18.4 Å². The molecule has 0 saturated carbocycles. The van der Waals surface area contributed by atoms with Gasteiger partial charge in [-0.1, -0.05) is 35.4 Å². The van der Waals surface area contributed by atoms with Crippen molar-refractivity contribution in [1.29, 1.82) is 0 Å². The lowest BCUT2D eigenvalue weighted by Crippen LogP contribution is -2.24. The summed E-state index contributed by atoms with van der Waals surface area (Å²) in [5.41, 5.74) is 1.57. The molecule has 17 heavy (non-hydrogen) atoms. The second-order valence-corrected chi connectivity index (χ2v) is 5.13. The number of nitrogens with zero attached hydrogens (tertiary/aromatic N) is 1. The molecule has 0 aliphatic heterocycles. The van der Waals surface area contributed by atoms with Gasteiger partial charge in [-0.05, 0) is 36.3 Å². The number of carbonyl (C=O) groups excluding carboxylic acids is 1. The molecular formula is C13H19IN2O. The minimum absolute atomic E-state index is 0.0219. The van der Waals surface area contributed by atoms with E-state index in [0.717, 1.165) is 18.7 Å². The molecule has 1 amide bonds. The molecule has 1 N–H and O–H groups in total. The molecule has 0 aliphatic carbocycles. The van der Waals surface area contributed by atoms with Crippen LogP contribution >= 0.6 is 22.6 Å². The van der Waals surface area contributed by atoms with E-state index in [1.165, 1.54) is 23.7 Å². The molecule has 1 aromatic heterocycles. The largest absolute Gasteiger partial charge is 0.352 e. The molecule has 0 radical (unpaired) electrons. The highest BCUT2D eigenvalue weighted by Crippen LogP contribution is 2.02. The van der Waals surface area contributed by atoms with Crippen molar-refractivity contribution < 1.29 is 4.79 Å². The van der Waals surface area contributed by atoms with E-state index in [-0.39, 0.29) is 5.91 Å². The van der Waals surface area contributed by atoms with Crippen LogP contribution < -0.4 is 5.32 Å². The summed E-state index contributed by atoms with van der Waals surface area (Å²) in [5.74, 6) is -0.0219. The standard InChI is InChI=1S/C13H19IN2O/c1-11-6-7-12(10-16-11)13(17)15-9-5-3-2-4-8-14/h6-7,10H,2-5,8-9H2,1H3,(H,15,17). The zero-order chi connectivity index (χ0) is 12.5. The van der Waals surface area contributed by atoms with Crippen molar-refractivity contribution in [2.45, 2.75) is 32.6 Å². The topological polar surface area (TPSA) is 42.0 Å². The van der Waals surface area contributed by atoms with Crippen molar-refractivity contribution in [2.75, 3.05) is 11.0 Å². The molecule has 0 spiro atoms. The van der Waals surface area contributed by atoms with Crippen LogP contribution in [0.4, 0.5) is 0 Å². The van der Waals surface area contributed by atoms with Crippen molar-refractivity contribution in [1.82, 2.24) is 10.3 Å². The predicted octanol–water partition coefficient (Wildman–Crippen LogP) is 3.12. The molecule has 0 bridgehead atoms. The van der Waals surface area contributed by atoms with Gasteiger partial charge >= 0.3 is 0 Å². The zero-order valence-corrected chi connectivity index (χ0v) is 12.4.